The number of anilines is 2. The summed E-state index contributed by atoms with van der Waals surface area (Å²) in [6, 6.07) is 17.1. The number of carbonyl (C=O) groups is 1. The highest BCUT2D eigenvalue weighted by molar-refractivity contribution is 6.03. The van der Waals surface area contributed by atoms with Crippen LogP contribution < -0.4 is 10.2 Å². The SMILES string of the molecule is Cc1nn(-c2ccccc2)nc1C(=O)Nc1ccc(N(C)C)cc1. The average molecular weight is 321 g/mol. The number of para-hydroxylation sites is 1. The maximum atomic E-state index is 12.5. The van der Waals surface area contributed by atoms with Crippen LogP contribution in [0.5, 0.6) is 0 Å². The largest absolute Gasteiger partial charge is 0.378 e. The first-order chi connectivity index (χ1) is 11.5. The zero-order valence-electron chi connectivity index (χ0n) is 13.9. The minimum Gasteiger partial charge on any atom is -0.378 e. The van der Waals surface area contributed by atoms with Gasteiger partial charge in [0.05, 0.1) is 11.4 Å². The molecule has 0 saturated heterocycles. The molecule has 1 aromatic heterocycles. The van der Waals surface area contributed by atoms with Crippen molar-refractivity contribution in [3.63, 3.8) is 0 Å². The number of nitrogens with zero attached hydrogens (tertiary/aromatic N) is 4. The Morgan fingerprint density at radius 3 is 2.29 bits per heavy atom. The Morgan fingerprint density at radius 1 is 1.00 bits per heavy atom. The van der Waals surface area contributed by atoms with Crippen molar-refractivity contribution >= 4 is 17.3 Å². The lowest BCUT2D eigenvalue weighted by Gasteiger charge is -2.12. The number of rotatable bonds is 4. The number of aromatic nitrogens is 3. The summed E-state index contributed by atoms with van der Waals surface area (Å²) in [4.78, 5) is 15.9. The first kappa shape index (κ1) is 15.7. The van der Waals surface area contributed by atoms with E-state index in [1.165, 1.54) is 4.80 Å². The quantitative estimate of drug-likeness (QED) is 0.802. The molecule has 1 amide bonds. The van der Waals surface area contributed by atoms with Crippen molar-refractivity contribution in [1.82, 2.24) is 15.0 Å². The maximum Gasteiger partial charge on any atom is 0.278 e. The Balaban J connectivity index is 1.79. The third-order valence-electron chi connectivity index (χ3n) is 3.63. The molecule has 1 N–H and O–H groups in total. The molecular formula is C18H19N5O. The Hall–Kier alpha value is -3.15. The first-order valence-corrected chi connectivity index (χ1v) is 7.63. The molecule has 3 aromatic rings. The Labute approximate surface area is 140 Å². The third-order valence-corrected chi connectivity index (χ3v) is 3.63. The molecule has 6 nitrogen and oxygen atoms in total. The molecule has 0 radical (unpaired) electrons. The fourth-order valence-corrected chi connectivity index (χ4v) is 2.30. The van der Waals surface area contributed by atoms with Gasteiger partial charge in [0.1, 0.15) is 0 Å². The number of benzene rings is 2. The number of hydrogen-bond donors (Lipinski definition) is 1. The van der Waals surface area contributed by atoms with E-state index >= 15 is 0 Å². The second-order valence-corrected chi connectivity index (χ2v) is 5.65. The van der Waals surface area contributed by atoms with Gasteiger partial charge in [-0.3, -0.25) is 4.79 Å². The Morgan fingerprint density at radius 2 is 1.67 bits per heavy atom. The van der Waals surface area contributed by atoms with Gasteiger partial charge in [0, 0.05) is 25.5 Å². The van der Waals surface area contributed by atoms with Gasteiger partial charge < -0.3 is 10.2 Å². The van der Waals surface area contributed by atoms with Crippen LogP contribution in [0, 0.1) is 6.92 Å². The number of carbonyl (C=O) groups excluding carboxylic acids is 1. The smallest absolute Gasteiger partial charge is 0.278 e. The molecule has 1 heterocycles. The van der Waals surface area contributed by atoms with E-state index in [0.29, 0.717) is 11.4 Å². The summed E-state index contributed by atoms with van der Waals surface area (Å²) in [5, 5.41) is 11.5. The molecule has 2 aromatic carbocycles. The Bertz CT molecular complexity index is 838. The van der Waals surface area contributed by atoms with Crippen LogP contribution in [0.25, 0.3) is 5.69 Å². The van der Waals surface area contributed by atoms with E-state index in [1.54, 1.807) is 6.92 Å². The molecule has 0 saturated carbocycles. The first-order valence-electron chi connectivity index (χ1n) is 7.63. The normalized spacial score (nSPS) is 10.5. The Kier molecular flexibility index (Phi) is 4.29. The molecule has 0 unspecified atom stereocenters. The van der Waals surface area contributed by atoms with Crippen molar-refractivity contribution in [2.75, 3.05) is 24.3 Å². The summed E-state index contributed by atoms with van der Waals surface area (Å²) in [6.07, 6.45) is 0. The van der Waals surface area contributed by atoms with Gasteiger partial charge in [-0.25, -0.2) is 0 Å². The molecule has 0 spiro atoms. The molecular weight excluding hydrogens is 302 g/mol. The van der Waals surface area contributed by atoms with Crippen LogP contribution in [0.4, 0.5) is 11.4 Å². The van der Waals surface area contributed by atoms with E-state index in [1.807, 2.05) is 73.6 Å². The van der Waals surface area contributed by atoms with Crippen LogP contribution in [0.15, 0.2) is 54.6 Å². The molecule has 0 fully saturated rings. The van der Waals surface area contributed by atoms with Crippen molar-refractivity contribution in [2.24, 2.45) is 0 Å². The van der Waals surface area contributed by atoms with Gasteiger partial charge in [0.15, 0.2) is 5.69 Å². The molecule has 6 heteroatoms. The molecule has 3 rings (SSSR count). The predicted octanol–water partition coefficient (Wildman–Crippen LogP) is 2.89. The van der Waals surface area contributed by atoms with E-state index in [0.717, 1.165) is 17.1 Å². The lowest BCUT2D eigenvalue weighted by molar-refractivity contribution is 0.102. The van der Waals surface area contributed by atoms with Crippen LogP contribution in [0.3, 0.4) is 0 Å². The van der Waals surface area contributed by atoms with E-state index < -0.39 is 0 Å². The minimum absolute atomic E-state index is 0.271. The highest BCUT2D eigenvalue weighted by Crippen LogP contribution is 2.17. The summed E-state index contributed by atoms with van der Waals surface area (Å²) in [5.41, 5.74) is 3.50. The number of hydrogen-bond acceptors (Lipinski definition) is 4. The van der Waals surface area contributed by atoms with Crippen LogP contribution in [-0.2, 0) is 0 Å². The molecule has 0 aliphatic heterocycles. The summed E-state index contributed by atoms with van der Waals surface area (Å²) >= 11 is 0. The van der Waals surface area contributed by atoms with Crippen LogP contribution in [-0.4, -0.2) is 35.0 Å². The number of aryl methyl sites for hydroxylation is 1. The average Bonchev–Trinajstić information content (AvgIpc) is 2.98. The van der Waals surface area contributed by atoms with Gasteiger partial charge in [0.2, 0.25) is 0 Å². The van der Waals surface area contributed by atoms with Crippen molar-refractivity contribution in [3.05, 3.63) is 66.0 Å². The second kappa shape index (κ2) is 6.54. The van der Waals surface area contributed by atoms with Crippen molar-refractivity contribution in [1.29, 1.82) is 0 Å². The monoisotopic (exact) mass is 321 g/mol. The highest BCUT2D eigenvalue weighted by atomic mass is 16.2. The second-order valence-electron chi connectivity index (χ2n) is 5.65. The summed E-state index contributed by atoms with van der Waals surface area (Å²) < 4.78 is 0. The van der Waals surface area contributed by atoms with Crippen molar-refractivity contribution in [3.8, 4) is 5.69 Å². The van der Waals surface area contributed by atoms with Crippen molar-refractivity contribution in [2.45, 2.75) is 6.92 Å². The zero-order chi connectivity index (χ0) is 17.1. The molecule has 0 aliphatic rings. The third kappa shape index (κ3) is 3.27. The molecule has 24 heavy (non-hydrogen) atoms. The fraction of sp³-hybridized carbons (Fsp3) is 0.167. The standard InChI is InChI=1S/C18H19N5O/c1-13-17(21-23(20-13)16-7-5-4-6-8-16)18(24)19-14-9-11-15(12-10-14)22(2)3/h4-12H,1-3H3,(H,19,24). The highest BCUT2D eigenvalue weighted by Gasteiger charge is 2.16. The number of nitrogens with one attached hydrogen (secondary N) is 1. The van der Waals surface area contributed by atoms with Crippen molar-refractivity contribution < 1.29 is 4.79 Å². The maximum absolute atomic E-state index is 12.5. The lowest BCUT2D eigenvalue weighted by atomic mass is 10.2. The van der Waals surface area contributed by atoms with Crippen LogP contribution >= 0.6 is 0 Å². The molecule has 122 valence electrons. The fourth-order valence-electron chi connectivity index (χ4n) is 2.30. The van der Waals surface area contributed by atoms with Gasteiger partial charge >= 0.3 is 0 Å². The number of amides is 1. The van der Waals surface area contributed by atoms with Gasteiger partial charge in [-0.05, 0) is 43.3 Å². The predicted molar refractivity (Wildman–Crippen MR) is 94.8 cm³/mol. The summed E-state index contributed by atoms with van der Waals surface area (Å²) in [5.74, 6) is -0.271. The lowest BCUT2D eigenvalue weighted by Crippen LogP contribution is -2.14. The van der Waals surface area contributed by atoms with Crippen LogP contribution in [0.2, 0.25) is 0 Å². The topological polar surface area (TPSA) is 63.1 Å². The van der Waals surface area contributed by atoms with Gasteiger partial charge in [-0.1, -0.05) is 18.2 Å². The molecule has 0 bridgehead atoms. The van der Waals surface area contributed by atoms with E-state index in [-0.39, 0.29) is 5.91 Å². The van der Waals surface area contributed by atoms with E-state index in [4.69, 9.17) is 0 Å². The van der Waals surface area contributed by atoms with Gasteiger partial charge in [-0.15, -0.1) is 5.10 Å². The molecule has 0 atom stereocenters. The van der Waals surface area contributed by atoms with E-state index in [9.17, 15) is 4.79 Å². The van der Waals surface area contributed by atoms with Gasteiger partial charge in [-0.2, -0.15) is 9.90 Å². The summed E-state index contributed by atoms with van der Waals surface area (Å²) in [7, 11) is 3.94. The summed E-state index contributed by atoms with van der Waals surface area (Å²) in [6.45, 7) is 1.77. The minimum atomic E-state index is -0.271. The van der Waals surface area contributed by atoms with E-state index in [2.05, 4.69) is 15.5 Å². The van der Waals surface area contributed by atoms with Crippen LogP contribution in [0.1, 0.15) is 16.2 Å². The van der Waals surface area contributed by atoms with Gasteiger partial charge in [0.25, 0.3) is 5.91 Å². The zero-order valence-corrected chi connectivity index (χ0v) is 13.9. The molecule has 0 aliphatic carbocycles.